The van der Waals surface area contributed by atoms with Crippen LogP contribution in [0.3, 0.4) is 0 Å². The van der Waals surface area contributed by atoms with E-state index in [1.807, 2.05) is 36.4 Å². The summed E-state index contributed by atoms with van der Waals surface area (Å²) in [5.74, 6) is 0.791. The molecule has 1 aliphatic rings. The molecular formula is C21H21ClN2O3. The van der Waals surface area contributed by atoms with Gasteiger partial charge in [0.15, 0.2) is 0 Å². The minimum Gasteiger partial charge on any atom is -0.492 e. The van der Waals surface area contributed by atoms with E-state index >= 15 is 0 Å². The van der Waals surface area contributed by atoms with Crippen molar-refractivity contribution in [3.8, 4) is 5.75 Å². The Balaban J connectivity index is 1.58. The van der Waals surface area contributed by atoms with Crippen molar-refractivity contribution < 1.29 is 14.6 Å². The first-order valence-electron chi connectivity index (χ1n) is 9.08. The fourth-order valence-electron chi connectivity index (χ4n) is 3.82. The van der Waals surface area contributed by atoms with Gasteiger partial charge in [0, 0.05) is 41.1 Å². The van der Waals surface area contributed by atoms with Crippen molar-refractivity contribution in [2.45, 2.75) is 19.4 Å². The molecule has 1 amide bonds. The summed E-state index contributed by atoms with van der Waals surface area (Å²) in [4.78, 5) is 12.9. The first-order valence-corrected chi connectivity index (χ1v) is 9.46. The molecule has 1 N–H and O–H groups in total. The smallest absolute Gasteiger partial charge is 0.407 e. The number of ether oxygens (including phenoxy) is 1. The number of para-hydroxylation sites is 1. The van der Waals surface area contributed by atoms with E-state index in [1.165, 1.54) is 27.1 Å². The highest BCUT2D eigenvalue weighted by molar-refractivity contribution is 6.30. The van der Waals surface area contributed by atoms with Gasteiger partial charge in [0.05, 0.1) is 6.54 Å². The number of benzene rings is 2. The van der Waals surface area contributed by atoms with E-state index in [0.29, 0.717) is 31.3 Å². The summed E-state index contributed by atoms with van der Waals surface area (Å²) >= 11 is 5.92. The highest BCUT2D eigenvalue weighted by atomic mass is 35.5. The van der Waals surface area contributed by atoms with Gasteiger partial charge in [-0.25, -0.2) is 4.79 Å². The molecule has 3 aromatic rings. The molecular weight excluding hydrogens is 364 g/mol. The number of rotatable bonds is 4. The summed E-state index contributed by atoms with van der Waals surface area (Å²) in [6.07, 6.45) is 0.617. The Bertz CT molecular complexity index is 965. The van der Waals surface area contributed by atoms with E-state index in [1.54, 1.807) is 0 Å². The SMILES string of the molecule is O=C(O)N1CCc2c(n(CCOc3ccc(Cl)cc3)c3ccccc23)CC1. The molecule has 0 bridgehead atoms. The molecule has 0 saturated heterocycles. The van der Waals surface area contributed by atoms with Gasteiger partial charge in [-0.3, -0.25) is 0 Å². The number of fused-ring (bicyclic) bond motifs is 3. The largest absolute Gasteiger partial charge is 0.492 e. The third-order valence-electron chi connectivity index (χ3n) is 5.11. The van der Waals surface area contributed by atoms with Gasteiger partial charge in [-0.05, 0) is 42.3 Å². The van der Waals surface area contributed by atoms with E-state index in [9.17, 15) is 9.90 Å². The van der Waals surface area contributed by atoms with Crippen LogP contribution in [0.2, 0.25) is 5.02 Å². The second kappa shape index (κ2) is 7.53. The molecule has 2 aromatic carbocycles. The van der Waals surface area contributed by atoms with Crippen molar-refractivity contribution in [1.82, 2.24) is 9.47 Å². The number of nitrogens with zero attached hydrogens (tertiary/aromatic N) is 2. The Kier molecular flexibility index (Phi) is 4.94. The van der Waals surface area contributed by atoms with Gasteiger partial charge >= 0.3 is 6.09 Å². The Hall–Kier alpha value is -2.66. The maximum atomic E-state index is 11.4. The van der Waals surface area contributed by atoms with Crippen molar-refractivity contribution in [3.63, 3.8) is 0 Å². The predicted octanol–water partition coefficient (Wildman–Crippen LogP) is 4.45. The van der Waals surface area contributed by atoms with Gasteiger partial charge in [0.1, 0.15) is 12.4 Å². The number of amides is 1. The van der Waals surface area contributed by atoms with Crippen LogP contribution in [0, 0.1) is 0 Å². The topological polar surface area (TPSA) is 54.7 Å². The van der Waals surface area contributed by atoms with Crippen molar-refractivity contribution in [2.24, 2.45) is 0 Å². The van der Waals surface area contributed by atoms with Crippen LogP contribution in [-0.4, -0.2) is 40.4 Å². The lowest BCUT2D eigenvalue weighted by Crippen LogP contribution is -2.31. The summed E-state index contributed by atoms with van der Waals surface area (Å²) in [5, 5.41) is 11.2. The summed E-state index contributed by atoms with van der Waals surface area (Å²) in [5.41, 5.74) is 3.67. The van der Waals surface area contributed by atoms with Crippen molar-refractivity contribution in [2.75, 3.05) is 19.7 Å². The lowest BCUT2D eigenvalue weighted by Gasteiger charge is -2.16. The highest BCUT2D eigenvalue weighted by Gasteiger charge is 2.23. The number of carbonyl (C=O) groups is 1. The molecule has 5 nitrogen and oxygen atoms in total. The first kappa shape index (κ1) is 17.7. The average Bonchev–Trinajstić information content (AvgIpc) is 2.81. The Labute approximate surface area is 162 Å². The van der Waals surface area contributed by atoms with Gasteiger partial charge in [-0.2, -0.15) is 0 Å². The zero-order valence-electron chi connectivity index (χ0n) is 14.9. The third-order valence-corrected chi connectivity index (χ3v) is 5.36. The molecule has 140 valence electrons. The quantitative estimate of drug-likeness (QED) is 0.722. The van der Waals surface area contributed by atoms with E-state index in [4.69, 9.17) is 16.3 Å². The van der Waals surface area contributed by atoms with Crippen LogP contribution in [0.5, 0.6) is 5.75 Å². The van der Waals surface area contributed by atoms with E-state index in [-0.39, 0.29) is 0 Å². The number of aromatic nitrogens is 1. The van der Waals surface area contributed by atoms with Gasteiger partial charge in [0.2, 0.25) is 0 Å². The van der Waals surface area contributed by atoms with Crippen LogP contribution < -0.4 is 4.74 Å². The van der Waals surface area contributed by atoms with Crippen molar-refractivity contribution in [3.05, 3.63) is 64.8 Å². The fraction of sp³-hybridized carbons (Fsp3) is 0.286. The molecule has 6 heteroatoms. The minimum atomic E-state index is -0.845. The van der Waals surface area contributed by atoms with E-state index in [2.05, 4.69) is 16.7 Å². The van der Waals surface area contributed by atoms with Gasteiger partial charge < -0.3 is 19.3 Å². The van der Waals surface area contributed by atoms with Crippen LogP contribution in [0.25, 0.3) is 10.9 Å². The molecule has 0 saturated carbocycles. The minimum absolute atomic E-state index is 0.525. The van der Waals surface area contributed by atoms with Crippen molar-refractivity contribution in [1.29, 1.82) is 0 Å². The zero-order chi connectivity index (χ0) is 18.8. The fourth-order valence-corrected chi connectivity index (χ4v) is 3.95. The van der Waals surface area contributed by atoms with Crippen LogP contribution in [0.4, 0.5) is 4.79 Å². The highest BCUT2D eigenvalue weighted by Crippen LogP contribution is 2.29. The zero-order valence-corrected chi connectivity index (χ0v) is 15.7. The molecule has 2 heterocycles. The summed E-state index contributed by atoms with van der Waals surface area (Å²) in [7, 11) is 0. The molecule has 0 radical (unpaired) electrons. The number of hydrogen-bond acceptors (Lipinski definition) is 2. The Morgan fingerprint density at radius 1 is 1.07 bits per heavy atom. The molecule has 1 aromatic heterocycles. The molecule has 0 aliphatic carbocycles. The van der Waals surface area contributed by atoms with Crippen LogP contribution in [0.15, 0.2) is 48.5 Å². The molecule has 0 fully saturated rings. The molecule has 27 heavy (non-hydrogen) atoms. The van der Waals surface area contributed by atoms with Crippen molar-refractivity contribution >= 4 is 28.6 Å². The van der Waals surface area contributed by atoms with Crippen LogP contribution in [-0.2, 0) is 19.4 Å². The monoisotopic (exact) mass is 384 g/mol. The molecule has 1 aliphatic heterocycles. The number of carboxylic acid groups (broad SMARTS) is 1. The summed E-state index contributed by atoms with van der Waals surface area (Å²) in [6.45, 7) is 2.31. The maximum Gasteiger partial charge on any atom is 0.407 e. The third kappa shape index (κ3) is 3.60. The van der Waals surface area contributed by atoms with Crippen LogP contribution in [0.1, 0.15) is 11.3 Å². The molecule has 4 rings (SSSR count). The number of hydrogen-bond donors (Lipinski definition) is 1. The summed E-state index contributed by atoms with van der Waals surface area (Å²) in [6, 6.07) is 15.7. The lowest BCUT2D eigenvalue weighted by atomic mass is 10.1. The van der Waals surface area contributed by atoms with Crippen LogP contribution >= 0.6 is 11.6 Å². The Morgan fingerprint density at radius 2 is 1.81 bits per heavy atom. The molecule has 0 spiro atoms. The standard InChI is InChI=1S/C21H21ClN2O3/c22-15-5-7-16(8-6-15)27-14-13-24-19-4-2-1-3-17(19)18-9-11-23(21(25)26)12-10-20(18)24/h1-8H,9-14H2,(H,25,26). The molecule has 0 atom stereocenters. The average molecular weight is 385 g/mol. The normalized spacial score (nSPS) is 14.0. The van der Waals surface area contributed by atoms with Gasteiger partial charge in [-0.1, -0.05) is 29.8 Å². The summed E-state index contributed by atoms with van der Waals surface area (Å²) < 4.78 is 8.16. The Morgan fingerprint density at radius 3 is 2.59 bits per heavy atom. The van der Waals surface area contributed by atoms with E-state index < -0.39 is 6.09 Å². The van der Waals surface area contributed by atoms with Gasteiger partial charge in [-0.15, -0.1) is 0 Å². The lowest BCUT2D eigenvalue weighted by molar-refractivity contribution is 0.147. The first-order chi connectivity index (χ1) is 13.1. The van der Waals surface area contributed by atoms with Gasteiger partial charge in [0.25, 0.3) is 0 Å². The maximum absolute atomic E-state index is 11.4. The van der Waals surface area contributed by atoms with E-state index in [0.717, 1.165) is 18.6 Å². The predicted molar refractivity (Wildman–Crippen MR) is 106 cm³/mol. The molecule has 0 unspecified atom stereocenters. The second-order valence-electron chi connectivity index (χ2n) is 6.67. The number of halogens is 1. The second-order valence-corrected chi connectivity index (χ2v) is 7.10.